The van der Waals surface area contributed by atoms with Gasteiger partial charge in [-0.15, -0.1) is 0 Å². The molecule has 242 valence electrons. The van der Waals surface area contributed by atoms with Gasteiger partial charge in [0.1, 0.15) is 17.2 Å². The maximum atomic E-state index is 13.6. The third-order valence-corrected chi connectivity index (χ3v) is 8.92. The number of carbonyl (C=O) groups is 3. The van der Waals surface area contributed by atoms with E-state index in [0.717, 1.165) is 32.9 Å². The molecular weight excluding hydrogens is 600 g/mol. The van der Waals surface area contributed by atoms with E-state index in [0.29, 0.717) is 34.0 Å². The molecule has 5 aromatic carbocycles. The summed E-state index contributed by atoms with van der Waals surface area (Å²) < 4.78 is 11.4. The summed E-state index contributed by atoms with van der Waals surface area (Å²) in [6, 6.07) is 33.4. The number of nitrogens with zero attached hydrogens (tertiary/aromatic N) is 1. The summed E-state index contributed by atoms with van der Waals surface area (Å²) in [6.45, 7) is 10.4. The van der Waals surface area contributed by atoms with Crippen LogP contribution in [0.4, 0.5) is 11.4 Å². The molecule has 0 aliphatic carbocycles. The fourth-order valence-electron chi connectivity index (χ4n) is 6.06. The molecule has 0 atom stereocenters. The highest BCUT2D eigenvalue weighted by molar-refractivity contribution is 6.34. The van der Waals surface area contributed by atoms with Gasteiger partial charge in [-0.2, -0.15) is 0 Å². The minimum atomic E-state index is -0.457. The van der Waals surface area contributed by atoms with Gasteiger partial charge in [-0.1, -0.05) is 75.7 Å². The highest BCUT2D eigenvalue weighted by atomic mass is 16.5. The smallest absolute Gasteiger partial charge is 0.266 e. The quantitative estimate of drug-likeness (QED) is 0.163. The van der Waals surface area contributed by atoms with Crippen molar-refractivity contribution in [2.45, 2.75) is 46.0 Å². The Hall–Kier alpha value is -5.69. The summed E-state index contributed by atoms with van der Waals surface area (Å²) in [5.74, 6) is 0.890. The topological polar surface area (TPSA) is 84.9 Å². The molecule has 0 aromatic heterocycles. The first-order valence-corrected chi connectivity index (χ1v) is 15.9. The maximum absolute atomic E-state index is 13.6. The molecule has 1 aliphatic rings. The van der Waals surface area contributed by atoms with Gasteiger partial charge < -0.3 is 14.8 Å². The second-order valence-electron chi connectivity index (χ2n) is 12.9. The van der Waals surface area contributed by atoms with Crippen molar-refractivity contribution >= 4 is 29.1 Å². The molecule has 0 bridgehead atoms. The molecule has 1 aliphatic heterocycles. The first kappa shape index (κ1) is 32.3. The van der Waals surface area contributed by atoms with Crippen LogP contribution < -0.4 is 19.7 Å². The average molecular weight is 639 g/mol. The largest absolute Gasteiger partial charge is 0.497 e. The van der Waals surface area contributed by atoms with Crippen LogP contribution in [0.5, 0.6) is 17.2 Å². The zero-order valence-electron chi connectivity index (χ0n) is 28.0. The van der Waals surface area contributed by atoms with Crippen LogP contribution in [-0.4, -0.2) is 24.8 Å². The summed E-state index contributed by atoms with van der Waals surface area (Å²) in [5.41, 5.74) is 5.94. The highest BCUT2D eigenvalue weighted by Gasteiger charge is 2.37. The molecular formula is C41H38N2O5. The fourth-order valence-corrected chi connectivity index (χ4v) is 6.06. The Morgan fingerprint density at radius 1 is 0.729 bits per heavy atom. The van der Waals surface area contributed by atoms with Gasteiger partial charge in [-0.3, -0.25) is 14.4 Å². The van der Waals surface area contributed by atoms with Gasteiger partial charge in [0.15, 0.2) is 0 Å². The lowest BCUT2D eigenvalue weighted by Crippen LogP contribution is -2.29. The third kappa shape index (κ3) is 6.19. The number of methoxy groups -OCH3 is 1. The van der Waals surface area contributed by atoms with Gasteiger partial charge in [0.25, 0.3) is 17.7 Å². The van der Waals surface area contributed by atoms with E-state index in [4.69, 9.17) is 9.47 Å². The minimum absolute atomic E-state index is 0.168. The number of imide groups is 1. The van der Waals surface area contributed by atoms with Gasteiger partial charge in [0.2, 0.25) is 0 Å². The first-order chi connectivity index (χ1) is 23.0. The lowest BCUT2D eigenvalue weighted by molar-refractivity contribution is 0.0925. The van der Waals surface area contributed by atoms with E-state index in [1.807, 2.05) is 75.4 Å². The van der Waals surface area contributed by atoms with Gasteiger partial charge in [-0.05, 0) is 96.3 Å². The van der Waals surface area contributed by atoms with Crippen LogP contribution in [0.2, 0.25) is 0 Å². The average Bonchev–Trinajstić information content (AvgIpc) is 3.33. The Morgan fingerprint density at radius 2 is 1.35 bits per heavy atom. The Morgan fingerprint density at radius 3 is 2.00 bits per heavy atom. The number of hydrogen-bond acceptors (Lipinski definition) is 5. The summed E-state index contributed by atoms with van der Waals surface area (Å²) >= 11 is 0. The number of anilines is 2. The molecule has 0 unspecified atom stereocenters. The maximum Gasteiger partial charge on any atom is 0.266 e. The molecule has 1 N–H and O–H groups in total. The summed E-state index contributed by atoms with van der Waals surface area (Å²) in [7, 11) is 1.65. The summed E-state index contributed by atoms with van der Waals surface area (Å²) in [6.07, 6.45) is 0. The number of aryl methyl sites for hydroxylation is 1. The van der Waals surface area contributed by atoms with Crippen LogP contribution in [0.15, 0.2) is 109 Å². The molecule has 0 spiro atoms. The molecule has 3 amide bonds. The number of hydrogen-bond donors (Lipinski definition) is 1. The Balaban J connectivity index is 1.18. The van der Waals surface area contributed by atoms with E-state index in [9.17, 15) is 14.4 Å². The van der Waals surface area contributed by atoms with Gasteiger partial charge in [0, 0.05) is 16.7 Å². The fraction of sp³-hybridized carbons (Fsp3) is 0.195. The SMILES string of the molecule is COc1ccc(C(C)(C)c2ccc(Oc3ccc4c(c3)C(=O)N(c3cccc(NC(=O)c5cc(C)ccc5C(C)C)c3)C4=O)cc2)cc1. The van der Waals surface area contributed by atoms with Crippen LogP contribution in [0, 0.1) is 6.92 Å². The number of amides is 3. The monoisotopic (exact) mass is 638 g/mol. The van der Waals surface area contributed by atoms with E-state index in [-0.39, 0.29) is 22.8 Å². The summed E-state index contributed by atoms with van der Waals surface area (Å²) in [4.78, 5) is 41.5. The van der Waals surface area contributed by atoms with Crippen molar-refractivity contribution in [3.05, 3.63) is 148 Å². The van der Waals surface area contributed by atoms with Crippen LogP contribution in [0.3, 0.4) is 0 Å². The van der Waals surface area contributed by atoms with Crippen molar-refractivity contribution in [1.82, 2.24) is 0 Å². The van der Waals surface area contributed by atoms with E-state index >= 15 is 0 Å². The van der Waals surface area contributed by atoms with Crippen molar-refractivity contribution in [3.8, 4) is 17.2 Å². The number of nitrogens with one attached hydrogen (secondary N) is 1. The molecule has 5 aromatic rings. The van der Waals surface area contributed by atoms with Crippen LogP contribution in [0.25, 0.3) is 0 Å². The van der Waals surface area contributed by atoms with E-state index in [2.05, 4.69) is 31.3 Å². The molecule has 48 heavy (non-hydrogen) atoms. The van der Waals surface area contributed by atoms with Crippen LogP contribution in [0.1, 0.15) is 86.9 Å². The van der Waals surface area contributed by atoms with Gasteiger partial charge in [0.05, 0.1) is 23.9 Å². The Kier molecular flexibility index (Phi) is 8.63. The van der Waals surface area contributed by atoms with E-state index in [1.165, 1.54) is 0 Å². The summed E-state index contributed by atoms with van der Waals surface area (Å²) in [5, 5.41) is 2.95. The van der Waals surface area contributed by atoms with Crippen molar-refractivity contribution in [2.75, 3.05) is 17.3 Å². The number of ether oxygens (including phenoxy) is 2. The van der Waals surface area contributed by atoms with Crippen LogP contribution >= 0.6 is 0 Å². The van der Waals surface area contributed by atoms with E-state index in [1.54, 1.807) is 49.6 Å². The molecule has 1 heterocycles. The molecule has 7 heteroatoms. The van der Waals surface area contributed by atoms with Gasteiger partial charge in [-0.25, -0.2) is 4.90 Å². The third-order valence-electron chi connectivity index (χ3n) is 8.92. The second kappa shape index (κ2) is 12.8. The zero-order valence-corrected chi connectivity index (χ0v) is 28.0. The Labute approximate surface area is 281 Å². The molecule has 0 saturated carbocycles. The van der Waals surface area contributed by atoms with Crippen molar-refractivity contribution < 1.29 is 23.9 Å². The number of benzene rings is 5. The number of rotatable bonds is 9. The van der Waals surface area contributed by atoms with Crippen LogP contribution in [-0.2, 0) is 5.41 Å². The lowest BCUT2D eigenvalue weighted by atomic mass is 9.78. The van der Waals surface area contributed by atoms with Crippen molar-refractivity contribution in [3.63, 3.8) is 0 Å². The minimum Gasteiger partial charge on any atom is -0.497 e. The standard InChI is InChI=1S/C41H38N2O5/c1-25(2)34-20-10-26(3)22-36(34)38(44)42-29-8-7-9-30(23-29)43-39(45)35-21-19-33(24-37(35)40(43)46)48-32-17-13-28(14-18-32)41(4,5)27-11-15-31(47-6)16-12-27/h7-25H,1-6H3,(H,42,44). The van der Waals surface area contributed by atoms with Crippen molar-refractivity contribution in [2.24, 2.45) is 0 Å². The molecule has 0 saturated heterocycles. The molecule has 7 nitrogen and oxygen atoms in total. The molecule has 6 rings (SSSR count). The van der Waals surface area contributed by atoms with E-state index < -0.39 is 11.8 Å². The van der Waals surface area contributed by atoms with Crippen molar-refractivity contribution in [1.29, 1.82) is 0 Å². The number of fused-ring (bicyclic) bond motifs is 1. The first-order valence-electron chi connectivity index (χ1n) is 15.9. The van der Waals surface area contributed by atoms with Gasteiger partial charge >= 0.3 is 0 Å². The zero-order chi connectivity index (χ0) is 34.2. The lowest BCUT2D eigenvalue weighted by Gasteiger charge is -2.26. The predicted molar refractivity (Wildman–Crippen MR) is 189 cm³/mol. The highest BCUT2D eigenvalue weighted by Crippen LogP contribution is 2.36. The predicted octanol–water partition coefficient (Wildman–Crippen LogP) is 9.30. The number of carbonyl (C=O) groups excluding carboxylic acids is 3. The molecule has 0 radical (unpaired) electrons. The normalized spacial score (nSPS) is 12.7. The second-order valence-corrected chi connectivity index (χ2v) is 12.9. The molecule has 0 fully saturated rings. The Bertz CT molecular complexity index is 2030.